The predicted molar refractivity (Wildman–Crippen MR) is 292 cm³/mol. The molecule has 0 unspecified atom stereocenters. The number of hydrogen-bond donors (Lipinski definition) is 0. The van der Waals surface area contributed by atoms with Crippen molar-refractivity contribution in [1.29, 1.82) is 0 Å². The molecule has 0 aliphatic carbocycles. The minimum Gasteiger partial charge on any atom is -0.310 e. The summed E-state index contributed by atoms with van der Waals surface area (Å²) in [6.07, 6.45) is 0. The van der Waals surface area contributed by atoms with Crippen LogP contribution in [-0.2, 0) is 0 Å². The van der Waals surface area contributed by atoms with Crippen LogP contribution < -0.4 is 4.90 Å². The Morgan fingerprint density at radius 2 is 0.632 bits per heavy atom. The smallest absolute Gasteiger partial charge is 0.0474 e. The van der Waals surface area contributed by atoms with Gasteiger partial charge in [0.25, 0.3) is 0 Å². The summed E-state index contributed by atoms with van der Waals surface area (Å²) >= 11 is 1.88. The molecule has 0 atom stereocenters. The molecule has 1 nitrogen and oxygen atoms in total. The second-order valence-electron chi connectivity index (χ2n) is 17.2. The minimum atomic E-state index is 1.08. The summed E-state index contributed by atoms with van der Waals surface area (Å²) in [5.74, 6) is 0. The fraction of sp³-hybridized carbons (Fsp3) is 0. The summed E-state index contributed by atoms with van der Waals surface area (Å²) in [4.78, 5) is 2.40. The third-order valence-corrected chi connectivity index (χ3v) is 14.3. The Hall–Kier alpha value is -8.56. The molecule has 12 aromatic rings. The van der Waals surface area contributed by atoms with Crippen LogP contribution >= 0.6 is 11.3 Å². The molecule has 0 bridgehead atoms. The molecule has 0 radical (unpaired) electrons. The Labute approximate surface area is 402 Å². The van der Waals surface area contributed by atoms with Gasteiger partial charge in [0.05, 0.1) is 0 Å². The molecule has 0 aliphatic heterocycles. The second-order valence-corrected chi connectivity index (χ2v) is 18.3. The van der Waals surface area contributed by atoms with Gasteiger partial charge in [-0.05, 0) is 126 Å². The Kier molecular flexibility index (Phi) is 10.8. The molecule has 11 aromatic carbocycles. The summed E-state index contributed by atoms with van der Waals surface area (Å²) in [5.41, 5.74) is 20.0. The van der Waals surface area contributed by atoms with Gasteiger partial charge >= 0.3 is 0 Å². The molecular weight excluding hydrogens is 839 g/mol. The van der Waals surface area contributed by atoms with Crippen LogP contribution in [0.1, 0.15) is 0 Å². The number of thiophene rings is 1. The molecule has 0 N–H and O–H groups in total. The van der Waals surface area contributed by atoms with E-state index in [1.54, 1.807) is 0 Å². The van der Waals surface area contributed by atoms with E-state index in [2.05, 4.69) is 278 Å². The maximum absolute atomic E-state index is 2.40. The third kappa shape index (κ3) is 7.87. The van der Waals surface area contributed by atoms with Crippen LogP contribution in [0, 0.1) is 0 Å². The Morgan fingerprint density at radius 1 is 0.235 bits per heavy atom. The van der Waals surface area contributed by atoms with Crippen molar-refractivity contribution in [3.05, 3.63) is 273 Å². The van der Waals surface area contributed by atoms with Gasteiger partial charge in [-0.25, -0.2) is 0 Å². The lowest BCUT2D eigenvalue weighted by Crippen LogP contribution is -2.11. The lowest BCUT2D eigenvalue weighted by Gasteiger charge is -2.29. The van der Waals surface area contributed by atoms with Crippen LogP contribution in [0.5, 0.6) is 0 Å². The molecule has 68 heavy (non-hydrogen) atoms. The molecule has 0 fully saturated rings. The van der Waals surface area contributed by atoms with Crippen LogP contribution in [0.3, 0.4) is 0 Å². The summed E-state index contributed by atoms with van der Waals surface area (Å²) in [6.45, 7) is 0. The highest BCUT2D eigenvalue weighted by molar-refractivity contribution is 7.26. The van der Waals surface area contributed by atoms with E-state index in [-0.39, 0.29) is 0 Å². The molecule has 0 spiro atoms. The van der Waals surface area contributed by atoms with Gasteiger partial charge in [-0.3, -0.25) is 0 Å². The SMILES string of the molecule is c1ccc(-c2ccc(N(c3ccc(-c4ccc(-c5cccc(-c6cccc7c6sc6ccccc67)c5)cc4)cc3)c3cc(-c4ccccc4)c(-c4ccccc4)c(-c4ccccc4)c3)cc2)cc1. The zero-order valence-corrected chi connectivity index (χ0v) is 38.2. The van der Waals surface area contributed by atoms with E-state index in [1.165, 1.54) is 98.1 Å². The maximum atomic E-state index is 2.40. The third-order valence-electron chi connectivity index (χ3n) is 13.1. The molecule has 320 valence electrons. The van der Waals surface area contributed by atoms with Crippen molar-refractivity contribution in [1.82, 2.24) is 0 Å². The van der Waals surface area contributed by atoms with Crippen molar-refractivity contribution in [2.24, 2.45) is 0 Å². The van der Waals surface area contributed by atoms with Gasteiger partial charge in [0.1, 0.15) is 0 Å². The number of anilines is 3. The van der Waals surface area contributed by atoms with E-state index in [9.17, 15) is 0 Å². The zero-order valence-electron chi connectivity index (χ0n) is 37.3. The van der Waals surface area contributed by atoms with Gasteiger partial charge in [0, 0.05) is 37.2 Å². The fourth-order valence-electron chi connectivity index (χ4n) is 9.74. The lowest BCUT2D eigenvalue weighted by molar-refractivity contribution is 1.28. The topological polar surface area (TPSA) is 3.24 Å². The molecule has 0 aliphatic rings. The number of nitrogens with zero attached hydrogens (tertiary/aromatic N) is 1. The Balaban J connectivity index is 0.933. The monoisotopic (exact) mass is 883 g/mol. The highest BCUT2D eigenvalue weighted by Crippen LogP contribution is 2.47. The van der Waals surface area contributed by atoms with Crippen LogP contribution in [0.25, 0.3) is 98.1 Å². The van der Waals surface area contributed by atoms with Crippen molar-refractivity contribution < 1.29 is 0 Å². The van der Waals surface area contributed by atoms with Gasteiger partial charge in [-0.1, -0.05) is 224 Å². The minimum absolute atomic E-state index is 1.08. The molecule has 0 saturated heterocycles. The van der Waals surface area contributed by atoms with Gasteiger partial charge in [0.15, 0.2) is 0 Å². The van der Waals surface area contributed by atoms with E-state index in [0.29, 0.717) is 0 Å². The van der Waals surface area contributed by atoms with E-state index in [0.717, 1.165) is 17.1 Å². The number of rotatable bonds is 10. The Bertz CT molecular complexity index is 3610. The molecule has 1 aromatic heterocycles. The summed E-state index contributed by atoms with van der Waals surface area (Å²) in [5, 5.41) is 2.65. The zero-order chi connectivity index (χ0) is 45.2. The largest absolute Gasteiger partial charge is 0.310 e. The molecular formula is C66H45NS. The second kappa shape index (κ2) is 18.0. The highest BCUT2D eigenvalue weighted by Gasteiger charge is 2.21. The van der Waals surface area contributed by atoms with E-state index in [4.69, 9.17) is 0 Å². The summed E-state index contributed by atoms with van der Waals surface area (Å²) in [7, 11) is 0. The van der Waals surface area contributed by atoms with Crippen molar-refractivity contribution in [2.45, 2.75) is 0 Å². The lowest BCUT2D eigenvalue weighted by atomic mass is 9.86. The van der Waals surface area contributed by atoms with Crippen molar-refractivity contribution >= 4 is 48.6 Å². The van der Waals surface area contributed by atoms with Crippen LogP contribution in [0.2, 0.25) is 0 Å². The first-order chi connectivity index (χ1) is 33.7. The fourth-order valence-corrected chi connectivity index (χ4v) is 11.0. The van der Waals surface area contributed by atoms with Crippen molar-refractivity contribution in [3.63, 3.8) is 0 Å². The summed E-state index contributed by atoms with van der Waals surface area (Å²) < 4.78 is 2.66. The van der Waals surface area contributed by atoms with Crippen LogP contribution in [0.15, 0.2) is 273 Å². The van der Waals surface area contributed by atoms with E-state index >= 15 is 0 Å². The average molecular weight is 884 g/mol. The normalized spacial score (nSPS) is 11.2. The number of benzene rings is 11. The average Bonchev–Trinajstić information content (AvgIpc) is 3.81. The van der Waals surface area contributed by atoms with E-state index in [1.807, 2.05) is 11.3 Å². The van der Waals surface area contributed by atoms with Gasteiger partial charge in [-0.15, -0.1) is 11.3 Å². The standard InChI is InChI=1S/C66H45NS/c1-5-17-46(18-6-1)48-35-39-56(40-36-48)67(58-44-62(51-19-7-2-8-20-51)65(53-23-11-4-12-24-53)63(45-58)52-21-9-3-10-22-52)57-41-37-49(38-42-57)47-31-33-50(34-32-47)54-25-15-26-55(43-54)59-28-16-29-61-60-27-13-14-30-64(60)68-66(59)61/h1-45H. The Morgan fingerprint density at radius 3 is 1.19 bits per heavy atom. The van der Waals surface area contributed by atoms with Gasteiger partial charge in [0.2, 0.25) is 0 Å². The summed E-state index contributed by atoms with van der Waals surface area (Å²) in [6, 6.07) is 99.3. The van der Waals surface area contributed by atoms with Crippen molar-refractivity contribution in [3.8, 4) is 77.9 Å². The quantitative estimate of drug-likeness (QED) is 0.132. The number of fused-ring (bicyclic) bond motifs is 3. The number of hydrogen-bond acceptors (Lipinski definition) is 2. The predicted octanol–water partition coefficient (Wildman–Crippen LogP) is 19.2. The molecule has 1 heterocycles. The molecule has 0 amide bonds. The first-order valence-electron chi connectivity index (χ1n) is 23.2. The van der Waals surface area contributed by atoms with Gasteiger partial charge < -0.3 is 4.90 Å². The first-order valence-corrected chi connectivity index (χ1v) is 24.0. The molecule has 0 saturated carbocycles. The van der Waals surface area contributed by atoms with Crippen LogP contribution in [-0.4, -0.2) is 0 Å². The first kappa shape index (κ1) is 40.9. The molecule has 2 heteroatoms. The van der Waals surface area contributed by atoms with Crippen molar-refractivity contribution in [2.75, 3.05) is 4.90 Å². The highest BCUT2D eigenvalue weighted by atomic mass is 32.1. The molecule has 12 rings (SSSR count). The van der Waals surface area contributed by atoms with Crippen LogP contribution in [0.4, 0.5) is 17.1 Å². The van der Waals surface area contributed by atoms with Gasteiger partial charge in [-0.2, -0.15) is 0 Å². The maximum Gasteiger partial charge on any atom is 0.0474 e. The van der Waals surface area contributed by atoms with E-state index < -0.39 is 0 Å².